The van der Waals surface area contributed by atoms with Gasteiger partial charge in [-0.15, -0.1) is 0 Å². The number of amides is 2. The summed E-state index contributed by atoms with van der Waals surface area (Å²) in [4.78, 5) is 27.1. The minimum Gasteiger partial charge on any atom is -0.444 e. The molecular formula is C28H30N4O3. The molecule has 3 aromatic carbocycles. The number of benzene rings is 3. The highest BCUT2D eigenvalue weighted by Gasteiger charge is 2.25. The van der Waals surface area contributed by atoms with E-state index < -0.39 is 6.09 Å². The standard InChI is InChI=1S/C28H30N4O3/c1-28(2,19-30)20-32(26(33)24-12-8-21(16-29)9-13-24)17-22-10-14-25(15-11-22)31-27(34)35-18-23-6-4-3-5-7-23/h3-15H,17-20,30H2,1-2H3,(H,31,34). The molecule has 0 heterocycles. The molecule has 0 fully saturated rings. The molecule has 0 bridgehead atoms. The van der Waals surface area contributed by atoms with E-state index in [-0.39, 0.29) is 17.9 Å². The van der Waals surface area contributed by atoms with Gasteiger partial charge >= 0.3 is 6.09 Å². The SMILES string of the molecule is CC(C)(CN)CN(Cc1ccc(NC(=O)OCc2ccccc2)cc1)C(=O)c1ccc(C#N)cc1. The molecule has 0 aliphatic heterocycles. The predicted molar refractivity (Wildman–Crippen MR) is 135 cm³/mol. The van der Waals surface area contributed by atoms with Crippen LogP contribution in [0.1, 0.15) is 40.9 Å². The maximum atomic E-state index is 13.3. The van der Waals surface area contributed by atoms with E-state index in [1.165, 1.54) is 0 Å². The zero-order valence-corrected chi connectivity index (χ0v) is 20.0. The fraction of sp³-hybridized carbons (Fsp3) is 0.250. The Morgan fingerprint density at radius 2 is 1.63 bits per heavy atom. The van der Waals surface area contributed by atoms with Gasteiger partial charge in [0.1, 0.15) is 6.61 Å². The lowest BCUT2D eigenvalue weighted by Crippen LogP contribution is -2.41. The lowest BCUT2D eigenvalue weighted by Gasteiger charge is -2.32. The van der Waals surface area contributed by atoms with Crippen molar-refractivity contribution in [3.05, 3.63) is 101 Å². The molecule has 0 saturated heterocycles. The van der Waals surface area contributed by atoms with Crippen LogP contribution in [0.2, 0.25) is 0 Å². The van der Waals surface area contributed by atoms with Crippen LogP contribution in [-0.2, 0) is 17.9 Å². The number of carbonyl (C=O) groups excluding carboxylic acids is 2. The molecule has 2 amide bonds. The molecule has 0 spiro atoms. The Kier molecular flexibility index (Phi) is 8.60. The first-order valence-electron chi connectivity index (χ1n) is 11.4. The fourth-order valence-corrected chi connectivity index (χ4v) is 3.44. The molecule has 3 N–H and O–H groups in total. The highest BCUT2D eigenvalue weighted by molar-refractivity contribution is 5.94. The third-order valence-corrected chi connectivity index (χ3v) is 5.51. The Balaban J connectivity index is 1.66. The summed E-state index contributed by atoms with van der Waals surface area (Å²) in [5.41, 5.74) is 9.08. The van der Waals surface area contributed by atoms with Gasteiger partial charge in [0, 0.05) is 24.3 Å². The molecule has 7 nitrogen and oxygen atoms in total. The van der Waals surface area contributed by atoms with E-state index in [4.69, 9.17) is 15.7 Å². The smallest absolute Gasteiger partial charge is 0.411 e. The van der Waals surface area contributed by atoms with Crippen LogP contribution in [0, 0.1) is 16.7 Å². The first kappa shape index (κ1) is 25.5. The van der Waals surface area contributed by atoms with Gasteiger partial charge in [0.2, 0.25) is 0 Å². The van der Waals surface area contributed by atoms with Crippen LogP contribution in [0.5, 0.6) is 0 Å². The first-order chi connectivity index (χ1) is 16.8. The van der Waals surface area contributed by atoms with Gasteiger partial charge in [-0.1, -0.05) is 56.3 Å². The van der Waals surface area contributed by atoms with Crippen LogP contribution in [0.15, 0.2) is 78.9 Å². The topological polar surface area (TPSA) is 108 Å². The summed E-state index contributed by atoms with van der Waals surface area (Å²) in [6, 6.07) is 25.4. The van der Waals surface area contributed by atoms with Crippen LogP contribution in [-0.4, -0.2) is 30.0 Å². The van der Waals surface area contributed by atoms with Gasteiger partial charge in [0.05, 0.1) is 11.6 Å². The number of carbonyl (C=O) groups is 2. The number of nitrogens with zero attached hydrogens (tertiary/aromatic N) is 2. The molecule has 0 radical (unpaired) electrons. The molecular weight excluding hydrogens is 440 g/mol. The molecule has 0 aliphatic carbocycles. The summed E-state index contributed by atoms with van der Waals surface area (Å²) in [7, 11) is 0. The summed E-state index contributed by atoms with van der Waals surface area (Å²) in [5, 5.41) is 11.7. The van der Waals surface area contributed by atoms with Crippen molar-refractivity contribution < 1.29 is 14.3 Å². The van der Waals surface area contributed by atoms with Crippen molar-refractivity contribution in [1.29, 1.82) is 5.26 Å². The molecule has 35 heavy (non-hydrogen) atoms. The third-order valence-electron chi connectivity index (χ3n) is 5.51. The quantitative estimate of drug-likeness (QED) is 0.461. The molecule has 0 aliphatic rings. The minimum atomic E-state index is -0.538. The largest absolute Gasteiger partial charge is 0.444 e. The number of ether oxygens (including phenoxy) is 1. The summed E-state index contributed by atoms with van der Waals surface area (Å²) in [5.74, 6) is -0.136. The molecule has 3 aromatic rings. The lowest BCUT2D eigenvalue weighted by atomic mass is 9.92. The summed E-state index contributed by atoms with van der Waals surface area (Å²) in [6.45, 7) is 5.49. The number of nitrogens with two attached hydrogens (primary N) is 1. The molecule has 0 saturated carbocycles. The maximum Gasteiger partial charge on any atom is 0.411 e. The van der Waals surface area contributed by atoms with Crippen LogP contribution >= 0.6 is 0 Å². The molecule has 0 unspecified atom stereocenters. The minimum absolute atomic E-state index is 0.136. The number of anilines is 1. The second kappa shape index (κ2) is 11.8. The predicted octanol–water partition coefficient (Wildman–Crippen LogP) is 4.93. The maximum absolute atomic E-state index is 13.3. The average molecular weight is 471 g/mol. The molecule has 180 valence electrons. The second-order valence-electron chi connectivity index (χ2n) is 9.10. The average Bonchev–Trinajstić information content (AvgIpc) is 2.88. The van der Waals surface area contributed by atoms with Gasteiger partial charge in [-0.05, 0) is 59.5 Å². The number of rotatable bonds is 9. The highest BCUT2D eigenvalue weighted by Crippen LogP contribution is 2.21. The van der Waals surface area contributed by atoms with Crippen LogP contribution in [0.4, 0.5) is 10.5 Å². The van der Waals surface area contributed by atoms with Crippen molar-refractivity contribution in [2.75, 3.05) is 18.4 Å². The Morgan fingerprint density at radius 1 is 0.971 bits per heavy atom. The van der Waals surface area contributed by atoms with Gasteiger partial charge in [-0.25, -0.2) is 4.79 Å². The van der Waals surface area contributed by atoms with Gasteiger partial charge < -0.3 is 15.4 Å². The van der Waals surface area contributed by atoms with E-state index in [0.29, 0.717) is 36.4 Å². The van der Waals surface area contributed by atoms with E-state index in [0.717, 1.165) is 11.1 Å². The van der Waals surface area contributed by atoms with E-state index in [2.05, 4.69) is 11.4 Å². The number of hydrogen-bond acceptors (Lipinski definition) is 5. The van der Waals surface area contributed by atoms with Gasteiger partial charge in [0.25, 0.3) is 5.91 Å². The summed E-state index contributed by atoms with van der Waals surface area (Å²) < 4.78 is 5.26. The number of hydrogen-bond donors (Lipinski definition) is 2. The fourth-order valence-electron chi connectivity index (χ4n) is 3.44. The molecule has 7 heteroatoms. The second-order valence-corrected chi connectivity index (χ2v) is 9.10. The normalized spacial score (nSPS) is 10.8. The van der Waals surface area contributed by atoms with Crippen molar-refractivity contribution in [2.24, 2.45) is 11.1 Å². The number of nitrogens with one attached hydrogen (secondary N) is 1. The van der Waals surface area contributed by atoms with Crippen molar-refractivity contribution in [3.8, 4) is 6.07 Å². The Hall–Kier alpha value is -4.15. The molecule has 3 rings (SSSR count). The lowest BCUT2D eigenvalue weighted by molar-refractivity contribution is 0.0673. The van der Waals surface area contributed by atoms with Crippen molar-refractivity contribution >= 4 is 17.7 Å². The van der Waals surface area contributed by atoms with Crippen molar-refractivity contribution in [2.45, 2.75) is 27.0 Å². The van der Waals surface area contributed by atoms with Crippen LogP contribution in [0.3, 0.4) is 0 Å². The Bertz CT molecular complexity index is 1170. The highest BCUT2D eigenvalue weighted by atomic mass is 16.5. The van der Waals surface area contributed by atoms with Gasteiger partial charge in [0.15, 0.2) is 0 Å². The van der Waals surface area contributed by atoms with Crippen LogP contribution in [0.25, 0.3) is 0 Å². The van der Waals surface area contributed by atoms with Gasteiger partial charge in [-0.2, -0.15) is 5.26 Å². The number of nitriles is 1. The van der Waals surface area contributed by atoms with E-state index >= 15 is 0 Å². The molecule has 0 aromatic heterocycles. The zero-order chi connectivity index (χ0) is 25.3. The summed E-state index contributed by atoms with van der Waals surface area (Å²) >= 11 is 0. The van der Waals surface area contributed by atoms with E-state index in [9.17, 15) is 9.59 Å². The van der Waals surface area contributed by atoms with E-state index in [1.54, 1.807) is 41.3 Å². The monoisotopic (exact) mass is 470 g/mol. The van der Waals surface area contributed by atoms with Crippen molar-refractivity contribution in [3.63, 3.8) is 0 Å². The first-order valence-corrected chi connectivity index (χ1v) is 11.4. The van der Waals surface area contributed by atoms with E-state index in [1.807, 2.05) is 56.3 Å². The van der Waals surface area contributed by atoms with Crippen LogP contribution < -0.4 is 11.1 Å². The van der Waals surface area contributed by atoms with Gasteiger partial charge in [-0.3, -0.25) is 10.1 Å². The Morgan fingerprint density at radius 3 is 2.23 bits per heavy atom. The molecule has 0 atom stereocenters. The summed E-state index contributed by atoms with van der Waals surface area (Å²) in [6.07, 6.45) is -0.538. The van der Waals surface area contributed by atoms with Crippen molar-refractivity contribution in [1.82, 2.24) is 4.90 Å². The third kappa shape index (κ3) is 7.70. The zero-order valence-electron chi connectivity index (χ0n) is 20.0. The Labute approximate surface area is 206 Å².